The predicted octanol–water partition coefficient (Wildman–Crippen LogP) is 1.64. The minimum atomic E-state index is -4.31. The number of amides is 1. The number of halogens is 5. The van der Waals surface area contributed by atoms with E-state index in [1.165, 1.54) is 12.4 Å². The van der Waals surface area contributed by atoms with Crippen LogP contribution in [0.5, 0.6) is 0 Å². The van der Waals surface area contributed by atoms with E-state index in [-0.39, 0.29) is 55.6 Å². The lowest BCUT2D eigenvalue weighted by Gasteiger charge is -2.11. The van der Waals surface area contributed by atoms with Crippen LogP contribution in [0.1, 0.15) is 19.2 Å². The molecule has 0 saturated carbocycles. The second-order valence-electron chi connectivity index (χ2n) is 4.04. The number of alkyl halides is 3. The fraction of sp³-hybridized carbons (Fsp3) is 0.600. The van der Waals surface area contributed by atoms with Crippen LogP contribution in [-0.4, -0.2) is 27.7 Å². The van der Waals surface area contributed by atoms with Gasteiger partial charge in [0.2, 0.25) is 5.91 Å². The van der Waals surface area contributed by atoms with Gasteiger partial charge in [0.25, 0.3) is 0 Å². The Kier molecular flexibility index (Phi) is 9.63. The lowest BCUT2D eigenvalue weighted by Crippen LogP contribution is -2.31. The summed E-state index contributed by atoms with van der Waals surface area (Å²) in [6.07, 6.45) is -1.70. The Hall–Kier alpha value is -0.990. The summed E-state index contributed by atoms with van der Waals surface area (Å²) >= 11 is 0. The molecular weight excluding hydrogens is 320 g/mol. The number of nitrogens with zero attached hydrogens (tertiary/aromatic N) is 2. The normalized spacial score (nSPS) is 12.1. The van der Waals surface area contributed by atoms with Crippen molar-refractivity contribution in [1.82, 2.24) is 14.9 Å². The molecule has 20 heavy (non-hydrogen) atoms. The number of hydrogen-bond acceptors (Lipinski definition) is 3. The van der Waals surface area contributed by atoms with Gasteiger partial charge >= 0.3 is 6.18 Å². The topological polar surface area (TPSA) is 72.9 Å². The summed E-state index contributed by atoms with van der Waals surface area (Å²) in [7, 11) is 0. The van der Waals surface area contributed by atoms with E-state index < -0.39 is 12.7 Å². The van der Waals surface area contributed by atoms with Crippen LogP contribution in [0.15, 0.2) is 12.4 Å². The summed E-state index contributed by atoms with van der Waals surface area (Å²) in [4.78, 5) is 15.1. The largest absolute Gasteiger partial charge is 0.406 e. The molecule has 1 rings (SSSR count). The Morgan fingerprint density at radius 3 is 2.60 bits per heavy atom. The summed E-state index contributed by atoms with van der Waals surface area (Å²) in [6, 6.07) is -0.292. The van der Waals surface area contributed by atoms with E-state index in [0.717, 1.165) is 4.57 Å². The van der Waals surface area contributed by atoms with Crippen molar-refractivity contribution in [2.75, 3.05) is 0 Å². The van der Waals surface area contributed by atoms with E-state index in [9.17, 15) is 18.0 Å². The number of carbonyl (C=O) groups is 1. The first kappa shape index (κ1) is 21.3. The Morgan fingerprint density at radius 1 is 1.50 bits per heavy atom. The molecule has 0 aliphatic rings. The predicted molar refractivity (Wildman–Crippen MR) is 72.9 cm³/mol. The number of aromatic nitrogens is 2. The zero-order valence-corrected chi connectivity index (χ0v) is 12.3. The highest BCUT2D eigenvalue weighted by Crippen LogP contribution is 2.18. The second kappa shape index (κ2) is 9.04. The number of nitrogens with one attached hydrogen (secondary N) is 1. The van der Waals surface area contributed by atoms with Crippen LogP contribution in [0.3, 0.4) is 0 Å². The number of hydrogen-bond donors (Lipinski definition) is 2. The van der Waals surface area contributed by atoms with E-state index in [0.29, 0.717) is 0 Å². The lowest BCUT2D eigenvalue weighted by atomic mass is 10.2. The Morgan fingerprint density at radius 2 is 2.10 bits per heavy atom. The third-order valence-electron chi connectivity index (χ3n) is 2.10. The molecule has 1 amide bonds. The molecule has 0 spiro atoms. The smallest absolute Gasteiger partial charge is 0.349 e. The van der Waals surface area contributed by atoms with Crippen LogP contribution in [-0.2, 0) is 17.9 Å². The minimum Gasteiger partial charge on any atom is -0.349 e. The van der Waals surface area contributed by atoms with Gasteiger partial charge in [0, 0.05) is 24.9 Å². The fourth-order valence-corrected chi connectivity index (χ4v) is 1.39. The molecule has 0 aromatic carbocycles. The van der Waals surface area contributed by atoms with Gasteiger partial charge in [-0.05, 0) is 6.92 Å². The van der Waals surface area contributed by atoms with Crippen LogP contribution in [0.25, 0.3) is 0 Å². The van der Waals surface area contributed by atoms with Gasteiger partial charge in [0.1, 0.15) is 12.4 Å². The zero-order valence-electron chi connectivity index (χ0n) is 10.7. The van der Waals surface area contributed by atoms with Gasteiger partial charge in [-0.15, -0.1) is 24.8 Å². The van der Waals surface area contributed by atoms with E-state index in [1.54, 1.807) is 6.92 Å². The number of nitrogens with two attached hydrogens (primary N) is 1. The number of imidazole rings is 1. The van der Waals surface area contributed by atoms with Crippen LogP contribution < -0.4 is 11.1 Å². The van der Waals surface area contributed by atoms with Crippen molar-refractivity contribution in [3.63, 3.8) is 0 Å². The van der Waals surface area contributed by atoms with Gasteiger partial charge in [-0.25, -0.2) is 4.98 Å². The monoisotopic (exact) mass is 336 g/mol. The summed E-state index contributed by atoms with van der Waals surface area (Å²) in [5.41, 5.74) is 5.43. The summed E-state index contributed by atoms with van der Waals surface area (Å²) < 4.78 is 37.6. The quantitative estimate of drug-likeness (QED) is 0.858. The summed E-state index contributed by atoms with van der Waals surface area (Å²) in [5, 5.41) is 2.47. The highest BCUT2D eigenvalue weighted by Gasteiger charge is 2.28. The molecule has 0 aliphatic carbocycles. The molecule has 1 aromatic rings. The molecule has 0 aliphatic heterocycles. The molecule has 10 heteroatoms. The average molecular weight is 337 g/mol. The number of carbonyl (C=O) groups excluding carboxylic acids is 1. The molecule has 0 bridgehead atoms. The molecule has 1 heterocycles. The van der Waals surface area contributed by atoms with Crippen molar-refractivity contribution in [2.24, 2.45) is 5.73 Å². The molecule has 1 atom stereocenters. The SMILES string of the molecule is CC(N)CC(=O)NCc1nccn1CC(F)(F)F.Cl.Cl. The first-order chi connectivity index (χ1) is 8.28. The Labute approximate surface area is 126 Å². The fourth-order valence-electron chi connectivity index (χ4n) is 1.39. The van der Waals surface area contributed by atoms with Crippen LogP contribution in [0.4, 0.5) is 13.2 Å². The van der Waals surface area contributed by atoms with Gasteiger partial charge in [-0.3, -0.25) is 4.79 Å². The Bertz CT molecular complexity index is 409. The molecular formula is C10H17Cl2F3N4O. The van der Waals surface area contributed by atoms with Crippen molar-refractivity contribution < 1.29 is 18.0 Å². The van der Waals surface area contributed by atoms with E-state index in [1.807, 2.05) is 0 Å². The van der Waals surface area contributed by atoms with Crippen molar-refractivity contribution >= 4 is 30.7 Å². The van der Waals surface area contributed by atoms with Gasteiger partial charge < -0.3 is 15.6 Å². The lowest BCUT2D eigenvalue weighted by molar-refractivity contribution is -0.141. The molecule has 5 nitrogen and oxygen atoms in total. The highest BCUT2D eigenvalue weighted by atomic mass is 35.5. The van der Waals surface area contributed by atoms with Gasteiger partial charge in [0.15, 0.2) is 0 Å². The van der Waals surface area contributed by atoms with Crippen LogP contribution in [0.2, 0.25) is 0 Å². The molecule has 3 N–H and O–H groups in total. The van der Waals surface area contributed by atoms with Crippen molar-refractivity contribution in [2.45, 2.75) is 38.7 Å². The Balaban J connectivity index is 0. The third kappa shape index (κ3) is 8.23. The first-order valence-electron chi connectivity index (χ1n) is 5.37. The molecule has 0 saturated heterocycles. The minimum absolute atomic E-state index is 0. The van der Waals surface area contributed by atoms with Crippen molar-refractivity contribution in [3.8, 4) is 0 Å². The van der Waals surface area contributed by atoms with Gasteiger partial charge in [-0.2, -0.15) is 13.2 Å². The molecule has 0 fully saturated rings. The molecule has 1 aromatic heterocycles. The van der Waals surface area contributed by atoms with E-state index in [2.05, 4.69) is 10.3 Å². The summed E-state index contributed by atoms with van der Waals surface area (Å²) in [6.45, 7) is 0.504. The highest BCUT2D eigenvalue weighted by molar-refractivity contribution is 5.85. The summed E-state index contributed by atoms with van der Waals surface area (Å²) in [5.74, 6) is -0.156. The van der Waals surface area contributed by atoms with Crippen LogP contribution >= 0.6 is 24.8 Å². The molecule has 1 unspecified atom stereocenters. The first-order valence-corrected chi connectivity index (χ1v) is 5.37. The average Bonchev–Trinajstić information content (AvgIpc) is 2.58. The molecule has 0 radical (unpaired) electrons. The maximum Gasteiger partial charge on any atom is 0.406 e. The zero-order chi connectivity index (χ0) is 13.8. The van der Waals surface area contributed by atoms with Crippen molar-refractivity contribution in [1.29, 1.82) is 0 Å². The molecule has 118 valence electrons. The maximum atomic E-state index is 12.2. The van der Waals surface area contributed by atoms with E-state index in [4.69, 9.17) is 5.73 Å². The third-order valence-corrected chi connectivity index (χ3v) is 2.10. The van der Waals surface area contributed by atoms with E-state index >= 15 is 0 Å². The van der Waals surface area contributed by atoms with Crippen LogP contribution in [0, 0.1) is 0 Å². The standard InChI is InChI=1S/C10H15F3N4O.2ClH/c1-7(14)4-9(18)16-5-8-15-2-3-17(8)6-10(11,12)13;;/h2-3,7H,4-6,14H2,1H3,(H,16,18);2*1H. The second-order valence-corrected chi connectivity index (χ2v) is 4.04. The maximum absolute atomic E-state index is 12.2. The van der Waals surface area contributed by atoms with Gasteiger partial charge in [-0.1, -0.05) is 0 Å². The number of rotatable bonds is 5. The van der Waals surface area contributed by atoms with Gasteiger partial charge in [0.05, 0.1) is 6.54 Å². The van der Waals surface area contributed by atoms with Crippen molar-refractivity contribution in [3.05, 3.63) is 18.2 Å².